The van der Waals surface area contributed by atoms with Gasteiger partial charge in [0.1, 0.15) is 5.54 Å². The summed E-state index contributed by atoms with van der Waals surface area (Å²) >= 11 is 5.91. The van der Waals surface area contributed by atoms with Crippen molar-refractivity contribution in [2.45, 2.75) is 49.7 Å². The summed E-state index contributed by atoms with van der Waals surface area (Å²) in [6.07, 6.45) is 5.00. The lowest BCUT2D eigenvalue weighted by Crippen LogP contribution is -2.27. The topological polar surface area (TPSA) is 72.6 Å². The molecule has 1 heterocycles. The lowest BCUT2D eigenvalue weighted by Gasteiger charge is -2.20. The number of halogens is 4. The first-order chi connectivity index (χ1) is 10.9. The standard InChI is InChI=1S/C13H16ClN2.CHF3O3S/c1-13-8-2-3-12(9-13)16(15-13)11-6-4-10(14)5-7-11;2-1(3,4)8(5,6)7/h4-7,12H,2-3,8-9H2,1H3;(H,5,6,7)/q+1;/p-1/t12-,13+;/m1./s1. The van der Waals surface area contributed by atoms with Crippen molar-refractivity contribution in [3.05, 3.63) is 29.3 Å². The molecule has 0 radical (unpaired) electrons. The smallest absolute Gasteiger partial charge is 0.485 e. The molecule has 0 amide bonds. The SMILES string of the molecule is C[C@]12CCC[C@H](C1)[N+](c1ccc(Cl)cc1)=N2.O=S(=O)([O-])C(F)(F)F. The van der Waals surface area contributed by atoms with E-state index in [2.05, 4.69) is 23.8 Å². The first-order valence-electron chi connectivity index (χ1n) is 7.21. The minimum Gasteiger partial charge on any atom is -0.741 e. The Hall–Kier alpha value is -1.19. The van der Waals surface area contributed by atoms with Gasteiger partial charge in [0.15, 0.2) is 16.2 Å². The molecule has 0 saturated heterocycles. The van der Waals surface area contributed by atoms with Gasteiger partial charge in [-0.1, -0.05) is 16.3 Å². The van der Waals surface area contributed by atoms with Crippen LogP contribution in [0.15, 0.2) is 29.4 Å². The van der Waals surface area contributed by atoms with E-state index in [9.17, 15) is 13.2 Å². The van der Waals surface area contributed by atoms with E-state index in [4.69, 9.17) is 29.7 Å². The van der Waals surface area contributed by atoms with Crippen molar-refractivity contribution < 1.29 is 30.8 Å². The Morgan fingerprint density at radius 2 is 1.88 bits per heavy atom. The third-order valence-electron chi connectivity index (χ3n) is 4.00. The normalized spacial score (nSPS) is 26.4. The minimum atomic E-state index is -6.09. The van der Waals surface area contributed by atoms with Gasteiger partial charge in [-0.05, 0) is 37.0 Å². The van der Waals surface area contributed by atoms with Gasteiger partial charge in [0, 0.05) is 30.0 Å². The Labute approximate surface area is 142 Å². The number of azo groups is 2. The first kappa shape index (κ1) is 19.1. The lowest BCUT2D eigenvalue weighted by atomic mass is 9.83. The molecule has 1 aromatic rings. The predicted octanol–water partition coefficient (Wildman–Crippen LogP) is 4.20. The second kappa shape index (κ2) is 6.61. The second-order valence-corrected chi connectivity index (χ2v) is 7.88. The summed E-state index contributed by atoms with van der Waals surface area (Å²) in [5.41, 5.74) is -4.28. The number of rotatable bonds is 1. The van der Waals surface area contributed by atoms with Gasteiger partial charge in [0.25, 0.3) is 0 Å². The number of hydrogen-bond acceptors (Lipinski definition) is 4. The van der Waals surface area contributed by atoms with Crippen LogP contribution in [0, 0.1) is 0 Å². The molecule has 1 aliphatic carbocycles. The fraction of sp³-hybridized carbons (Fsp3) is 0.571. The Morgan fingerprint density at radius 3 is 2.33 bits per heavy atom. The summed E-state index contributed by atoms with van der Waals surface area (Å²) in [6, 6.07) is 8.61. The molecule has 0 spiro atoms. The average molecular weight is 385 g/mol. The fourth-order valence-electron chi connectivity index (χ4n) is 2.93. The van der Waals surface area contributed by atoms with Crippen LogP contribution in [-0.2, 0) is 10.1 Å². The number of fused-ring (bicyclic) bond motifs is 2. The average Bonchev–Trinajstić information content (AvgIpc) is 2.67. The van der Waals surface area contributed by atoms with Gasteiger partial charge < -0.3 is 4.55 Å². The second-order valence-electron chi connectivity index (χ2n) is 6.07. The van der Waals surface area contributed by atoms with Crippen LogP contribution in [0.4, 0.5) is 18.9 Å². The fourth-order valence-corrected chi connectivity index (χ4v) is 3.06. The van der Waals surface area contributed by atoms with E-state index in [1.54, 1.807) is 0 Å². The van der Waals surface area contributed by atoms with Gasteiger partial charge in [-0.2, -0.15) is 13.2 Å². The Balaban J connectivity index is 0.000000224. The number of benzene rings is 1. The van der Waals surface area contributed by atoms with Crippen LogP contribution in [0.25, 0.3) is 0 Å². The van der Waals surface area contributed by atoms with Crippen molar-refractivity contribution in [1.29, 1.82) is 0 Å². The molecule has 1 aliphatic heterocycles. The maximum atomic E-state index is 10.7. The summed E-state index contributed by atoms with van der Waals surface area (Å²) < 4.78 is 61.1. The quantitative estimate of drug-likeness (QED) is 0.413. The van der Waals surface area contributed by atoms with Crippen LogP contribution in [0.2, 0.25) is 5.02 Å². The van der Waals surface area contributed by atoms with Gasteiger partial charge >= 0.3 is 5.51 Å². The molecule has 2 bridgehead atoms. The van der Waals surface area contributed by atoms with Crippen LogP contribution in [0.3, 0.4) is 0 Å². The molecule has 0 unspecified atom stereocenters. The third-order valence-corrected chi connectivity index (χ3v) is 4.82. The molecule has 1 aromatic carbocycles. The van der Waals surface area contributed by atoms with E-state index in [-0.39, 0.29) is 5.54 Å². The van der Waals surface area contributed by atoms with E-state index >= 15 is 0 Å². The van der Waals surface area contributed by atoms with Crippen molar-refractivity contribution in [2.75, 3.05) is 0 Å². The molecule has 24 heavy (non-hydrogen) atoms. The number of hydrogen-bond donors (Lipinski definition) is 0. The van der Waals surface area contributed by atoms with Crippen molar-refractivity contribution >= 4 is 27.4 Å². The van der Waals surface area contributed by atoms with Crippen molar-refractivity contribution in [3.8, 4) is 0 Å². The largest absolute Gasteiger partial charge is 0.741 e. The predicted molar refractivity (Wildman–Crippen MR) is 80.2 cm³/mol. The Kier molecular flexibility index (Phi) is 5.27. The van der Waals surface area contributed by atoms with E-state index in [0.29, 0.717) is 6.04 Å². The summed E-state index contributed by atoms with van der Waals surface area (Å²) in [7, 11) is -6.09. The molecule has 1 fully saturated rings. The van der Waals surface area contributed by atoms with E-state index in [0.717, 1.165) is 5.02 Å². The highest BCUT2D eigenvalue weighted by Crippen LogP contribution is 2.41. The Bertz CT molecular complexity index is 735. The van der Waals surface area contributed by atoms with Crippen LogP contribution < -0.4 is 0 Å². The van der Waals surface area contributed by atoms with E-state index < -0.39 is 15.6 Å². The monoisotopic (exact) mass is 384 g/mol. The zero-order valence-electron chi connectivity index (χ0n) is 12.8. The first-order valence-corrected chi connectivity index (χ1v) is 9.00. The highest BCUT2D eigenvalue weighted by atomic mass is 35.5. The maximum absolute atomic E-state index is 10.7. The number of alkyl halides is 3. The van der Waals surface area contributed by atoms with Gasteiger partial charge in [-0.15, -0.1) is 0 Å². The van der Waals surface area contributed by atoms with Crippen LogP contribution in [0.1, 0.15) is 32.6 Å². The summed E-state index contributed by atoms with van der Waals surface area (Å²) in [6.45, 7) is 2.27. The van der Waals surface area contributed by atoms with Crippen LogP contribution in [-0.4, -0.2) is 34.8 Å². The lowest BCUT2D eigenvalue weighted by molar-refractivity contribution is -0.537. The number of nitrogens with zero attached hydrogens (tertiary/aromatic N) is 2. The van der Waals surface area contributed by atoms with Crippen molar-refractivity contribution in [2.24, 2.45) is 5.11 Å². The molecule has 5 nitrogen and oxygen atoms in total. The zero-order valence-corrected chi connectivity index (χ0v) is 14.3. The zero-order chi connectivity index (χ0) is 18.2. The van der Waals surface area contributed by atoms with E-state index in [1.807, 2.05) is 12.1 Å². The molecular formula is C14H16ClF3N2O3S. The molecule has 10 heteroatoms. The molecule has 1 saturated carbocycles. The van der Waals surface area contributed by atoms with E-state index in [1.165, 1.54) is 31.4 Å². The van der Waals surface area contributed by atoms with Crippen molar-refractivity contribution in [1.82, 2.24) is 0 Å². The molecule has 2 aliphatic rings. The van der Waals surface area contributed by atoms with Crippen molar-refractivity contribution in [3.63, 3.8) is 0 Å². The highest BCUT2D eigenvalue weighted by Gasteiger charge is 2.47. The van der Waals surface area contributed by atoms with Crippen LogP contribution >= 0.6 is 11.6 Å². The molecule has 0 aromatic heterocycles. The maximum Gasteiger partial charge on any atom is 0.485 e. The summed E-state index contributed by atoms with van der Waals surface area (Å²) in [5, 5.41) is 5.66. The molecule has 3 rings (SSSR count). The van der Waals surface area contributed by atoms with Gasteiger partial charge in [0.05, 0.1) is 0 Å². The third kappa shape index (κ3) is 4.46. The summed E-state index contributed by atoms with van der Waals surface area (Å²) in [5.74, 6) is 0. The van der Waals surface area contributed by atoms with Gasteiger partial charge in [-0.25, -0.2) is 8.42 Å². The Morgan fingerprint density at radius 1 is 1.33 bits per heavy atom. The van der Waals surface area contributed by atoms with Crippen LogP contribution in [0.5, 0.6) is 0 Å². The molecule has 134 valence electrons. The summed E-state index contributed by atoms with van der Waals surface area (Å²) in [4.78, 5) is 0. The van der Waals surface area contributed by atoms with Gasteiger partial charge in [0.2, 0.25) is 5.69 Å². The molecule has 0 N–H and O–H groups in total. The highest BCUT2D eigenvalue weighted by molar-refractivity contribution is 7.86. The van der Waals surface area contributed by atoms with Gasteiger partial charge in [-0.3, -0.25) is 0 Å². The molecule has 2 atom stereocenters. The minimum absolute atomic E-state index is 0.183. The molecular weight excluding hydrogens is 369 g/mol.